The summed E-state index contributed by atoms with van der Waals surface area (Å²) in [6.07, 6.45) is -54.4. The summed E-state index contributed by atoms with van der Waals surface area (Å²) < 4.78 is 395. The summed E-state index contributed by atoms with van der Waals surface area (Å²) in [7, 11) is -30.2. The standard InChI is InChI=1S/C81H129N5O56S7/c1-41(2)46-22-20-45(21-23-46)36-48(74(90)86-26-16-15-17-27-86)84-73(89)47(85-143(95,96)72-42(3)35-49(115-6)43(4)44(72)5)37-54(88)82-24-18-19-53(87)83-25-28-124-29-30-125-31-32-126-33-34-127-55-50(38-128-144(97,98)99)132-78(67(120-11)58(55)116-7)136-62-60(118-9)69(122-13)80(139-65(62)75(91)92)135-57-52(40-130-146(103,104)105)133-81(71(142-149(112,113)114)64(57)140-147(106,107)108)137-63-61(119-10)68(121-12)79(138-66(63)76(93)94)134-56-51(39-129-145(100,101)102)131-77(123-14)70(59(56)117-8)141-148(109,110)111/h20-23,35,41,47-48,50-52,55-71,77-81,85H,15-19,24-34,36-40H2,1-14H3,(H,82,88)(H,83,87)(H,84,89)(H,91,92)(H,93,94)(H,97,98,99)(H,100,101,102)(H,103,104,105)(H,106,107,108)(H,109,110,111)(H,112,113,114)/t47-,48+,50+,51+,52+,55+,56+,57+,58-,59-,60-,61-,62-,63-,64-,65-,66+,67+,68+,69+,70+,71+,77-,78+,79+,80+,81+/m0/s1. The Morgan fingerprint density at radius 3 is 1.26 bits per heavy atom. The van der Waals surface area contributed by atoms with Crippen LogP contribution in [0.5, 0.6) is 5.75 Å². The molecule has 0 aliphatic carbocycles. The smallest absolute Gasteiger partial charge is 0.397 e. The van der Waals surface area contributed by atoms with Gasteiger partial charge in [-0.2, -0.15) is 55.2 Å². The number of sulfonamides is 1. The maximum Gasteiger partial charge on any atom is 0.397 e. The Morgan fingerprint density at radius 2 is 0.819 bits per heavy atom. The fourth-order valence-corrected chi connectivity index (χ4v) is 21.3. The van der Waals surface area contributed by atoms with Gasteiger partial charge in [-0.05, 0) is 86.3 Å². The zero-order valence-corrected chi connectivity index (χ0v) is 88.6. The van der Waals surface area contributed by atoms with Crippen LogP contribution in [0.25, 0.3) is 0 Å². The molecule has 27 atom stereocenters. The molecule has 8 rings (SSSR count). The molecule has 149 heavy (non-hydrogen) atoms. The molecule has 0 aromatic heterocycles. The van der Waals surface area contributed by atoms with Crippen LogP contribution in [0.3, 0.4) is 0 Å². The molecule has 856 valence electrons. The number of ether oxygens (including phenoxy) is 22. The van der Waals surface area contributed by atoms with Crippen molar-refractivity contribution in [3.63, 3.8) is 0 Å². The van der Waals surface area contributed by atoms with Crippen molar-refractivity contribution >= 4 is 108 Å². The molecule has 0 unspecified atom stereocenters. The van der Waals surface area contributed by atoms with Crippen LogP contribution in [-0.2, 0) is 232 Å². The highest BCUT2D eigenvalue weighted by Gasteiger charge is 2.63. The predicted molar refractivity (Wildman–Crippen MR) is 492 cm³/mol. The van der Waals surface area contributed by atoms with E-state index in [1.54, 1.807) is 31.7 Å². The normalized spacial score (nSPS) is 29.0. The lowest BCUT2D eigenvalue weighted by Crippen LogP contribution is -2.70. The van der Waals surface area contributed by atoms with Gasteiger partial charge in [-0.15, -0.1) is 0 Å². The summed E-state index contributed by atoms with van der Waals surface area (Å²) in [4.78, 5) is 84.0. The molecule has 6 aliphatic rings. The van der Waals surface area contributed by atoms with Crippen LogP contribution in [0.15, 0.2) is 35.2 Å². The first-order valence-corrected chi connectivity index (χ1v) is 55.2. The van der Waals surface area contributed by atoms with E-state index in [-0.39, 0.29) is 95.3 Å². The number of aliphatic carboxylic acids is 2. The maximum atomic E-state index is 14.5. The van der Waals surface area contributed by atoms with E-state index in [1.807, 2.05) is 38.1 Å². The number of likely N-dealkylation sites (tertiary alicyclic amines) is 1. The highest BCUT2D eigenvalue weighted by molar-refractivity contribution is 7.89. The van der Waals surface area contributed by atoms with E-state index in [9.17, 15) is 125 Å². The molecule has 61 nitrogen and oxygen atoms in total. The zero-order valence-electron chi connectivity index (χ0n) is 82.9. The molecule has 6 aliphatic heterocycles. The SMILES string of the molecule is COc1cc(C)c(S(=O)(=O)N[C@@H](CC(=O)NCCCC(=O)NCCOCCOCCOCCO[C@H]2[C@H](OC)[C@@H](OC)[C@@H](O[C@H]3[C@H](OC)[C@@H](OC)[C@H](O[C@H]4[C@H](OS(=O)(=O)O)[C@@H](OS(=O)(=O)O)[C@@H](O[C@H]5[C@H](OC)[C@@H](OC)[C@H](O[C@H]6[C@H](OC)[C@@H](OS(=O)(=O)O)[C@@H](OC)O[C@@H]6COS(=O)(=O)O)O[C@H]5C(=O)O)O[C@@H]4COS(=O)(=O)O)O[C@@H]3C(=O)O)O[C@@H]2COS(=O)(=O)O)C(=O)N[C@H](Cc2ccc(C(C)C)cc2)C(=O)N2CCCCC2)c(C)c1C. The van der Waals surface area contributed by atoms with Crippen LogP contribution in [0, 0.1) is 20.8 Å². The Labute approximate surface area is 859 Å². The lowest BCUT2D eigenvalue weighted by atomic mass is 9.94. The van der Waals surface area contributed by atoms with E-state index in [0.29, 0.717) is 35.5 Å². The van der Waals surface area contributed by atoms with Crippen molar-refractivity contribution in [3.05, 3.63) is 58.1 Å². The lowest BCUT2D eigenvalue weighted by Gasteiger charge is -2.51. The number of amides is 4. The molecule has 0 radical (unpaired) electrons. The van der Waals surface area contributed by atoms with Gasteiger partial charge in [0.1, 0.15) is 115 Å². The van der Waals surface area contributed by atoms with Crippen molar-refractivity contribution in [2.75, 3.05) is 156 Å². The molecule has 4 amide bonds. The van der Waals surface area contributed by atoms with Crippen LogP contribution in [0.4, 0.5) is 0 Å². The molecule has 6 heterocycles. The minimum absolute atomic E-state index is 0.0196. The second-order valence-corrected chi connectivity index (χ2v) is 42.2. The Bertz CT molecular complexity index is 5530. The molecule has 68 heteroatoms. The Kier molecular flexibility index (Phi) is 49.5. The molecule has 6 fully saturated rings. The first kappa shape index (κ1) is 128. The number of carbonyl (C=O) groups excluding carboxylic acids is 4. The first-order chi connectivity index (χ1) is 69.9. The number of hydrogen-bond donors (Lipinski definition) is 12. The fourth-order valence-electron chi connectivity index (χ4n) is 17.2. The van der Waals surface area contributed by atoms with Gasteiger partial charge in [-0.3, -0.25) is 46.5 Å². The van der Waals surface area contributed by atoms with Gasteiger partial charge in [-0.1, -0.05) is 38.1 Å². The van der Waals surface area contributed by atoms with Gasteiger partial charge in [0.15, 0.2) is 55.9 Å². The van der Waals surface area contributed by atoms with Gasteiger partial charge in [-0.25, -0.2) is 43.1 Å². The van der Waals surface area contributed by atoms with Crippen LogP contribution >= 0.6 is 0 Å². The second kappa shape index (κ2) is 57.9. The van der Waals surface area contributed by atoms with Crippen LogP contribution in [0.2, 0.25) is 0 Å². The third-order valence-electron chi connectivity index (χ3n) is 24.0. The van der Waals surface area contributed by atoms with Crippen molar-refractivity contribution < 1.29 is 255 Å². The highest BCUT2D eigenvalue weighted by Crippen LogP contribution is 2.43. The van der Waals surface area contributed by atoms with Gasteiger partial charge in [0.25, 0.3) is 0 Å². The van der Waals surface area contributed by atoms with Gasteiger partial charge in [0, 0.05) is 95.9 Å². The summed E-state index contributed by atoms with van der Waals surface area (Å²) >= 11 is 0. The van der Waals surface area contributed by atoms with Crippen molar-refractivity contribution in [2.45, 2.75) is 256 Å². The average Bonchev–Trinajstić information content (AvgIpc) is 0.748. The van der Waals surface area contributed by atoms with E-state index >= 15 is 0 Å². The summed E-state index contributed by atoms with van der Waals surface area (Å²) in [5.74, 6) is -5.96. The minimum Gasteiger partial charge on any atom is -0.496 e. The molecule has 2 aromatic carbocycles. The average molecular weight is 2290 g/mol. The minimum atomic E-state index is -6.22. The zero-order chi connectivity index (χ0) is 111. The molecule has 12 N–H and O–H groups in total. The number of hydrogen-bond acceptors (Lipinski definition) is 48. The third kappa shape index (κ3) is 38.1. The first-order valence-electron chi connectivity index (χ1n) is 45.5. The van der Waals surface area contributed by atoms with E-state index in [0.717, 1.165) is 87.3 Å². The number of nitrogens with zero attached hydrogens (tertiary/aromatic N) is 1. The number of aryl methyl sites for hydroxylation is 1. The summed E-state index contributed by atoms with van der Waals surface area (Å²) in [6, 6.07) is 6.31. The molecule has 0 saturated carbocycles. The van der Waals surface area contributed by atoms with Gasteiger partial charge >= 0.3 is 74.3 Å². The largest absolute Gasteiger partial charge is 0.496 e. The lowest BCUT2D eigenvalue weighted by molar-refractivity contribution is -0.389. The van der Waals surface area contributed by atoms with E-state index in [2.05, 4.69) is 29.0 Å². The van der Waals surface area contributed by atoms with Gasteiger partial charge in [0.05, 0.1) is 84.5 Å². The number of carbonyl (C=O) groups is 6. The number of rotatable bonds is 62. The van der Waals surface area contributed by atoms with Crippen LogP contribution in [0.1, 0.15) is 86.1 Å². The number of nitrogens with one attached hydrogen (secondary N) is 4. The van der Waals surface area contributed by atoms with Gasteiger partial charge in [0.2, 0.25) is 33.7 Å². The monoisotopic (exact) mass is 2290 g/mol. The summed E-state index contributed by atoms with van der Waals surface area (Å²) in [5.41, 5.74) is 2.97. The predicted octanol–water partition coefficient (Wildman–Crippen LogP) is -3.92. The van der Waals surface area contributed by atoms with Crippen LogP contribution < -0.4 is 25.4 Å². The number of benzene rings is 2. The third-order valence-corrected chi connectivity index (χ3v) is 28.4. The van der Waals surface area contributed by atoms with E-state index in [4.69, 9.17) is 121 Å². The van der Waals surface area contributed by atoms with Crippen molar-refractivity contribution in [1.29, 1.82) is 0 Å². The van der Waals surface area contributed by atoms with E-state index in [1.165, 1.54) is 7.11 Å². The number of carboxylic acids is 2. The van der Waals surface area contributed by atoms with Gasteiger partial charge < -0.3 is 135 Å². The van der Waals surface area contributed by atoms with Crippen molar-refractivity contribution in [1.82, 2.24) is 25.6 Å². The number of methoxy groups -OCH3 is 9. The molecule has 2 aromatic rings. The quantitative estimate of drug-likeness (QED) is 0.0222. The van der Waals surface area contributed by atoms with Crippen molar-refractivity contribution in [3.8, 4) is 5.75 Å². The van der Waals surface area contributed by atoms with Crippen molar-refractivity contribution in [2.24, 2.45) is 0 Å². The topological polar surface area (TPSA) is 813 Å². The van der Waals surface area contributed by atoms with E-state index < -0.39 is 294 Å². The molecule has 6 saturated heterocycles. The number of piperidine rings is 1. The highest BCUT2D eigenvalue weighted by atomic mass is 32.3. The maximum absolute atomic E-state index is 14.5. The summed E-state index contributed by atoms with van der Waals surface area (Å²) in [5, 5.41) is 30.0. The Balaban J connectivity index is 0.876. The Hall–Kier alpha value is -6.65. The fraction of sp³-hybridized carbons (Fsp3) is 0.778. The molecular weight excluding hydrogens is 2160 g/mol. The molecule has 0 spiro atoms. The van der Waals surface area contributed by atoms with Crippen LogP contribution in [-0.4, -0.2) is 459 Å². The second-order valence-electron chi connectivity index (χ2n) is 34.2. The summed E-state index contributed by atoms with van der Waals surface area (Å²) in [6.45, 7) is 5.12. The Morgan fingerprint density at radius 1 is 0.423 bits per heavy atom. The molecular formula is C81H129N5O56S7. The number of carboxylic acid groups (broad SMARTS) is 2. The molecule has 0 bridgehead atoms.